The number of methoxy groups -OCH3 is 1. The summed E-state index contributed by atoms with van der Waals surface area (Å²) in [6, 6.07) is 2.74. The smallest absolute Gasteiger partial charge is 0.262 e. The first kappa shape index (κ1) is 27.2. The maximum atomic E-state index is 14.0. The van der Waals surface area contributed by atoms with E-state index >= 15 is 0 Å². The van der Waals surface area contributed by atoms with Gasteiger partial charge in [-0.2, -0.15) is 0 Å². The molecular formula is C29H24ClNO10. The molecule has 4 N–H and O–H groups in total. The van der Waals surface area contributed by atoms with Crippen molar-refractivity contribution >= 4 is 44.9 Å². The van der Waals surface area contributed by atoms with Gasteiger partial charge in [0, 0.05) is 41.1 Å². The van der Waals surface area contributed by atoms with Gasteiger partial charge in [-0.15, -0.1) is 0 Å². The van der Waals surface area contributed by atoms with Crippen molar-refractivity contribution in [1.82, 2.24) is 4.57 Å². The first-order valence-corrected chi connectivity index (χ1v) is 13.2. The van der Waals surface area contributed by atoms with Crippen molar-refractivity contribution in [3.8, 4) is 11.5 Å². The molecule has 11 nitrogen and oxygen atoms in total. The molecule has 41 heavy (non-hydrogen) atoms. The maximum absolute atomic E-state index is 14.0. The number of aromatic nitrogens is 1. The molecule has 2 aliphatic rings. The highest BCUT2D eigenvalue weighted by atomic mass is 35.5. The van der Waals surface area contributed by atoms with Crippen LogP contribution in [0.3, 0.4) is 0 Å². The van der Waals surface area contributed by atoms with E-state index < -0.39 is 63.1 Å². The third-order valence-electron chi connectivity index (χ3n) is 8.00. The van der Waals surface area contributed by atoms with Gasteiger partial charge in [0.25, 0.3) is 5.56 Å². The molecule has 0 bridgehead atoms. The van der Waals surface area contributed by atoms with Crippen molar-refractivity contribution in [3.05, 3.63) is 77.0 Å². The topological polar surface area (TPSA) is 176 Å². The summed E-state index contributed by atoms with van der Waals surface area (Å²) in [5.74, 6) is -2.74. The maximum Gasteiger partial charge on any atom is 0.262 e. The number of benzene rings is 2. The second-order valence-electron chi connectivity index (χ2n) is 10.3. The van der Waals surface area contributed by atoms with Gasteiger partial charge in [-0.1, -0.05) is 24.9 Å². The summed E-state index contributed by atoms with van der Waals surface area (Å²) in [4.78, 5) is 54.9. The lowest BCUT2D eigenvalue weighted by Crippen LogP contribution is -2.35. The number of carbonyl (C=O) groups excluding carboxylic acids is 2. The van der Waals surface area contributed by atoms with E-state index in [2.05, 4.69) is 0 Å². The molecule has 2 aromatic carbocycles. The molecule has 6 rings (SSSR count). The van der Waals surface area contributed by atoms with Crippen LogP contribution < -0.4 is 15.7 Å². The number of hydrogen-bond donors (Lipinski definition) is 4. The fraction of sp³-hybridized carbons (Fsp3) is 0.310. The van der Waals surface area contributed by atoms with Crippen molar-refractivity contribution in [3.63, 3.8) is 0 Å². The van der Waals surface area contributed by atoms with Crippen molar-refractivity contribution in [2.45, 2.75) is 44.5 Å². The van der Waals surface area contributed by atoms with E-state index in [-0.39, 0.29) is 56.0 Å². The van der Waals surface area contributed by atoms with Gasteiger partial charge >= 0.3 is 0 Å². The van der Waals surface area contributed by atoms with Crippen LogP contribution in [0.1, 0.15) is 80.8 Å². The van der Waals surface area contributed by atoms with E-state index in [1.54, 1.807) is 0 Å². The molecule has 0 fully saturated rings. The minimum atomic E-state index is -1.72. The number of nitrogens with zero attached hydrogens (tertiary/aromatic N) is 1. The number of fused-ring (bicyclic) bond motifs is 6. The van der Waals surface area contributed by atoms with Gasteiger partial charge in [0.1, 0.15) is 34.7 Å². The molecule has 2 aromatic heterocycles. The fourth-order valence-corrected chi connectivity index (χ4v) is 6.44. The Balaban J connectivity index is 1.76. The van der Waals surface area contributed by atoms with E-state index in [0.717, 1.165) is 0 Å². The molecule has 12 heteroatoms. The van der Waals surface area contributed by atoms with Gasteiger partial charge in [0.05, 0.1) is 29.4 Å². The summed E-state index contributed by atoms with van der Waals surface area (Å²) in [6.07, 6.45) is -3.91. The second kappa shape index (κ2) is 9.25. The van der Waals surface area contributed by atoms with E-state index in [9.17, 15) is 39.6 Å². The number of carbonyl (C=O) groups is 2. The Hall–Kier alpha value is -4.03. The number of ketones is 2. The first-order valence-electron chi connectivity index (χ1n) is 12.9. The summed E-state index contributed by atoms with van der Waals surface area (Å²) < 4.78 is 12.6. The highest BCUT2D eigenvalue weighted by molar-refractivity contribution is 6.41. The Labute approximate surface area is 235 Å². The van der Waals surface area contributed by atoms with Crippen LogP contribution in [-0.2, 0) is 13.5 Å². The fourth-order valence-electron chi connectivity index (χ4n) is 6.03. The summed E-state index contributed by atoms with van der Waals surface area (Å²) in [5, 5.41) is 42.1. The average Bonchev–Trinajstić information content (AvgIpc) is 2.94. The number of pyridine rings is 1. The predicted molar refractivity (Wildman–Crippen MR) is 146 cm³/mol. The van der Waals surface area contributed by atoms with Crippen LogP contribution >= 0.6 is 11.6 Å². The summed E-state index contributed by atoms with van der Waals surface area (Å²) in [7, 11) is 2.71. The SMILES string of the molecule is CCCc1c(Cl)c2c(c(=O)n1C)C(=O)c1c(ccc3c(OC)c4oc5c(c(=O)c4c(O)c13)[C@H](O)[C@H](O)C[C@H]5O)C2=O. The molecule has 0 saturated carbocycles. The highest BCUT2D eigenvalue weighted by Crippen LogP contribution is 2.47. The highest BCUT2D eigenvalue weighted by Gasteiger charge is 2.41. The van der Waals surface area contributed by atoms with Gasteiger partial charge in [-0.25, -0.2) is 0 Å². The second-order valence-corrected chi connectivity index (χ2v) is 10.6. The van der Waals surface area contributed by atoms with E-state index in [4.69, 9.17) is 20.8 Å². The number of phenols is 1. The van der Waals surface area contributed by atoms with Crippen molar-refractivity contribution in [2.75, 3.05) is 7.11 Å². The Kier molecular flexibility index (Phi) is 6.12. The third-order valence-corrected chi connectivity index (χ3v) is 8.40. The van der Waals surface area contributed by atoms with Crippen LogP contribution in [0.2, 0.25) is 5.02 Å². The van der Waals surface area contributed by atoms with Crippen LogP contribution in [-0.4, -0.2) is 49.8 Å². The van der Waals surface area contributed by atoms with Crippen molar-refractivity contribution in [1.29, 1.82) is 0 Å². The minimum Gasteiger partial charge on any atom is -0.506 e. The lowest BCUT2D eigenvalue weighted by atomic mass is 9.80. The average molecular weight is 582 g/mol. The number of hydrogen-bond acceptors (Lipinski definition) is 10. The zero-order chi connectivity index (χ0) is 29.7. The van der Waals surface area contributed by atoms with E-state index in [0.29, 0.717) is 18.5 Å². The van der Waals surface area contributed by atoms with Crippen LogP contribution in [0.15, 0.2) is 26.1 Å². The minimum absolute atomic E-state index is 0.00765. The van der Waals surface area contributed by atoms with Crippen molar-refractivity contribution < 1.29 is 39.2 Å². The number of rotatable bonds is 3. The molecule has 0 aliphatic heterocycles. The molecule has 0 radical (unpaired) electrons. The van der Waals surface area contributed by atoms with Gasteiger partial charge in [-0.3, -0.25) is 19.2 Å². The van der Waals surface area contributed by atoms with Crippen molar-refractivity contribution in [2.24, 2.45) is 7.05 Å². The Morgan fingerprint density at radius 1 is 1.05 bits per heavy atom. The number of aliphatic hydroxyl groups excluding tert-OH is 3. The van der Waals surface area contributed by atoms with E-state index in [1.165, 1.54) is 30.9 Å². The number of halogens is 1. The molecule has 0 saturated heterocycles. The molecular weight excluding hydrogens is 558 g/mol. The van der Waals surface area contributed by atoms with Gasteiger partial charge in [0.2, 0.25) is 11.2 Å². The number of aromatic hydroxyl groups is 1. The summed E-state index contributed by atoms with van der Waals surface area (Å²) >= 11 is 6.59. The monoisotopic (exact) mass is 581 g/mol. The quantitative estimate of drug-likeness (QED) is 0.232. The Morgan fingerprint density at radius 3 is 2.41 bits per heavy atom. The Morgan fingerprint density at radius 2 is 1.76 bits per heavy atom. The lowest BCUT2D eigenvalue weighted by Gasteiger charge is -2.29. The zero-order valence-electron chi connectivity index (χ0n) is 22.1. The molecule has 0 amide bonds. The lowest BCUT2D eigenvalue weighted by molar-refractivity contribution is -0.0373. The van der Waals surface area contributed by atoms with Crippen LogP contribution in [0.5, 0.6) is 11.5 Å². The van der Waals surface area contributed by atoms with Crippen LogP contribution in [0.4, 0.5) is 0 Å². The third kappa shape index (κ3) is 3.43. The first-order chi connectivity index (χ1) is 19.5. The molecule has 2 aliphatic carbocycles. The largest absolute Gasteiger partial charge is 0.506 e. The molecule has 0 spiro atoms. The molecule has 3 atom stereocenters. The van der Waals surface area contributed by atoms with Gasteiger partial charge in [-0.05, 0) is 18.6 Å². The van der Waals surface area contributed by atoms with Gasteiger partial charge < -0.3 is 34.1 Å². The zero-order valence-corrected chi connectivity index (χ0v) is 22.8. The number of ether oxygens (including phenoxy) is 1. The van der Waals surface area contributed by atoms with Gasteiger partial charge in [0.15, 0.2) is 17.1 Å². The Bertz CT molecular complexity index is 1990. The molecule has 2 heterocycles. The van der Waals surface area contributed by atoms with Crippen LogP contribution in [0, 0.1) is 0 Å². The molecule has 212 valence electrons. The van der Waals surface area contributed by atoms with Crippen LogP contribution in [0.25, 0.3) is 21.7 Å². The van der Waals surface area contributed by atoms with E-state index in [1.807, 2.05) is 6.92 Å². The number of aliphatic hydroxyl groups is 3. The molecule has 4 aromatic rings. The standard InChI is InChI=1S/C29H24ClNO10/c1-4-5-11-20(30)16-17(29(39)31(11)2)23(36)14-9(21(16)34)6-7-10-15(14)24(37)19-25(38)18-22(35)12(32)8-13(33)27(18)41-28(19)26(10)40-3/h6-7,12-13,22,32-33,35,37H,4-5,8H2,1-3H3/t12-,13-,22-/m1/s1. The number of phenolic OH excluding ortho intramolecular Hbond substituents is 1. The molecule has 0 unspecified atom stereocenters. The normalized spacial score (nSPS) is 19.8. The summed E-state index contributed by atoms with van der Waals surface area (Å²) in [5.41, 5.74) is -3.18. The predicted octanol–water partition coefficient (Wildman–Crippen LogP) is 2.57. The summed E-state index contributed by atoms with van der Waals surface area (Å²) in [6.45, 7) is 1.88.